The van der Waals surface area contributed by atoms with Gasteiger partial charge in [0.25, 0.3) is 0 Å². The van der Waals surface area contributed by atoms with Crippen LogP contribution in [0, 0.1) is 6.92 Å². The fourth-order valence-electron chi connectivity index (χ4n) is 2.04. The molecule has 0 aromatic heterocycles. The van der Waals surface area contributed by atoms with Gasteiger partial charge in [-0.3, -0.25) is 0 Å². The van der Waals surface area contributed by atoms with Gasteiger partial charge in [0.2, 0.25) is 0 Å². The van der Waals surface area contributed by atoms with Crippen LogP contribution in [0.1, 0.15) is 24.5 Å². The lowest BCUT2D eigenvalue weighted by molar-refractivity contribution is 0.177. The quantitative estimate of drug-likeness (QED) is 0.802. The number of aliphatic hydroxyl groups is 1. The van der Waals surface area contributed by atoms with Gasteiger partial charge >= 0.3 is 6.03 Å². The van der Waals surface area contributed by atoms with Crippen molar-refractivity contribution in [1.29, 1.82) is 0 Å². The molecule has 0 saturated heterocycles. The van der Waals surface area contributed by atoms with E-state index in [4.69, 9.17) is 9.84 Å². The van der Waals surface area contributed by atoms with Crippen LogP contribution in [0.15, 0.2) is 18.2 Å². The fraction of sp³-hybridized carbons (Fsp3) is 0.533. The minimum absolute atomic E-state index is 0.0221. The molecule has 1 aromatic carbocycles. The zero-order chi connectivity index (χ0) is 15.0. The third kappa shape index (κ3) is 5.09. The molecule has 0 aliphatic heterocycles. The summed E-state index contributed by atoms with van der Waals surface area (Å²) < 4.78 is 5.21. The van der Waals surface area contributed by atoms with E-state index in [1.165, 1.54) is 0 Å². The van der Waals surface area contributed by atoms with Crippen LogP contribution in [-0.2, 0) is 6.54 Å². The van der Waals surface area contributed by atoms with Crippen LogP contribution in [0.5, 0.6) is 5.75 Å². The minimum atomic E-state index is -0.152. The van der Waals surface area contributed by atoms with Crippen molar-refractivity contribution >= 4 is 6.03 Å². The normalized spacial score (nSPS) is 10.2. The van der Waals surface area contributed by atoms with Crippen molar-refractivity contribution in [2.45, 2.75) is 26.8 Å². The Hall–Kier alpha value is -1.75. The van der Waals surface area contributed by atoms with Crippen molar-refractivity contribution in [3.8, 4) is 5.75 Å². The molecule has 0 atom stereocenters. The molecule has 0 saturated carbocycles. The number of urea groups is 1. The second-order valence-corrected chi connectivity index (χ2v) is 4.73. The van der Waals surface area contributed by atoms with Crippen molar-refractivity contribution in [2.24, 2.45) is 0 Å². The Morgan fingerprint density at radius 1 is 1.35 bits per heavy atom. The largest absolute Gasteiger partial charge is 0.497 e. The number of methoxy groups -OCH3 is 1. The topological polar surface area (TPSA) is 61.8 Å². The number of nitrogens with zero attached hydrogens (tertiary/aromatic N) is 1. The maximum absolute atomic E-state index is 12.0. The molecule has 0 bridgehead atoms. The van der Waals surface area contributed by atoms with Gasteiger partial charge in [-0.15, -0.1) is 0 Å². The number of rotatable bonds is 7. The first-order valence-corrected chi connectivity index (χ1v) is 6.89. The van der Waals surface area contributed by atoms with E-state index in [9.17, 15) is 4.79 Å². The Morgan fingerprint density at radius 3 is 2.70 bits per heavy atom. The molecule has 2 amide bonds. The molecule has 5 heteroatoms. The molecule has 1 aromatic rings. The van der Waals surface area contributed by atoms with Crippen LogP contribution in [0.2, 0.25) is 0 Å². The highest BCUT2D eigenvalue weighted by molar-refractivity contribution is 5.74. The lowest BCUT2D eigenvalue weighted by atomic mass is 10.1. The Balaban J connectivity index is 2.61. The number of hydrogen-bond acceptors (Lipinski definition) is 3. The van der Waals surface area contributed by atoms with Crippen LogP contribution in [-0.4, -0.2) is 42.8 Å². The van der Waals surface area contributed by atoms with Gasteiger partial charge in [-0.25, -0.2) is 4.79 Å². The van der Waals surface area contributed by atoms with E-state index in [0.717, 1.165) is 23.3 Å². The van der Waals surface area contributed by atoms with E-state index in [2.05, 4.69) is 5.32 Å². The fourth-order valence-corrected chi connectivity index (χ4v) is 2.04. The van der Waals surface area contributed by atoms with Crippen LogP contribution in [0.3, 0.4) is 0 Å². The van der Waals surface area contributed by atoms with E-state index in [1.807, 2.05) is 32.0 Å². The number of aliphatic hydroxyl groups excluding tert-OH is 1. The third-order valence-corrected chi connectivity index (χ3v) is 2.94. The molecule has 0 spiro atoms. The third-order valence-electron chi connectivity index (χ3n) is 2.94. The standard InChI is InChI=1S/C15H24N2O3/c1-4-5-17(6-7-18)15(19)16-11-13-8-12(2)9-14(10-13)20-3/h8-10,18H,4-7,11H2,1-3H3,(H,16,19). The molecule has 0 radical (unpaired) electrons. The first kappa shape index (κ1) is 16.3. The van der Waals surface area contributed by atoms with Crippen LogP contribution >= 0.6 is 0 Å². The van der Waals surface area contributed by atoms with Gasteiger partial charge in [0, 0.05) is 19.6 Å². The number of carbonyl (C=O) groups excluding carboxylic acids is 1. The van der Waals surface area contributed by atoms with Crippen molar-refractivity contribution in [2.75, 3.05) is 26.8 Å². The summed E-state index contributed by atoms with van der Waals surface area (Å²) in [5, 5.41) is 11.8. The Kier molecular flexibility index (Phi) is 6.87. The Labute approximate surface area is 120 Å². The second-order valence-electron chi connectivity index (χ2n) is 4.73. The average Bonchev–Trinajstić information content (AvgIpc) is 2.44. The summed E-state index contributed by atoms with van der Waals surface area (Å²) in [6.07, 6.45) is 0.867. The molecule has 112 valence electrons. The molecule has 0 aliphatic carbocycles. The van der Waals surface area contributed by atoms with Gasteiger partial charge < -0.3 is 20.1 Å². The van der Waals surface area contributed by atoms with Crippen molar-refractivity contribution in [1.82, 2.24) is 10.2 Å². The monoisotopic (exact) mass is 280 g/mol. The number of benzene rings is 1. The predicted octanol–water partition coefficient (Wildman–Crippen LogP) is 1.92. The number of aryl methyl sites for hydroxylation is 1. The number of hydrogen-bond donors (Lipinski definition) is 2. The van der Waals surface area contributed by atoms with Gasteiger partial charge in [-0.2, -0.15) is 0 Å². The highest BCUT2D eigenvalue weighted by Gasteiger charge is 2.11. The zero-order valence-corrected chi connectivity index (χ0v) is 12.5. The molecule has 0 heterocycles. The van der Waals surface area contributed by atoms with Gasteiger partial charge in [0.15, 0.2) is 0 Å². The smallest absolute Gasteiger partial charge is 0.317 e. The summed E-state index contributed by atoms with van der Waals surface area (Å²) in [4.78, 5) is 13.6. The predicted molar refractivity (Wildman–Crippen MR) is 78.9 cm³/mol. The minimum Gasteiger partial charge on any atom is -0.497 e. The van der Waals surface area contributed by atoms with Crippen LogP contribution in [0.25, 0.3) is 0 Å². The molecule has 0 aliphatic rings. The SMILES string of the molecule is CCCN(CCO)C(=O)NCc1cc(C)cc(OC)c1. The lowest BCUT2D eigenvalue weighted by Gasteiger charge is -2.21. The van der Waals surface area contributed by atoms with Crippen molar-refractivity contribution in [3.63, 3.8) is 0 Å². The molecule has 1 rings (SSSR count). The summed E-state index contributed by atoms with van der Waals surface area (Å²) in [6, 6.07) is 5.71. The molecular weight excluding hydrogens is 256 g/mol. The van der Waals surface area contributed by atoms with Crippen LogP contribution < -0.4 is 10.1 Å². The zero-order valence-electron chi connectivity index (χ0n) is 12.5. The second kappa shape index (κ2) is 8.43. The van der Waals surface area contributed by atoms with Crippen LogP contribution in [0.4, 0.5) is 4.79 Å². The highest BCUT2D eigenvalue weighted by atomic mass is 16.5. The summed E-state index contributed by atoms with van der Waals surface area (Å²) in [6.45, 7) is 5.42. The lowest BCUT2D eigenvalue weighted by Crippen LogP contribution is -2.41. The van der Waals surface area contributed by atoms with Gasteiger partial charge in [-0.1, -0.05) is 13.0 Å². The highest BCUT2D eigenvalue weighted by Crippen LogP contribution is 2.16. The summed E-state index contributed by atoms with van der Waals surface area (Å²) in [5.41, 5.74) is 2.09. The molecule has 5 nitrogen and oxygen atoms in total. The summed E-state index contributed by atoms with van der Waals surface area (Å²) >= 11 is 0. The Morgan fingerprint density at radius 2 is 2.10 bits per heavy atom. The van der Waals surface area contributed by atoms with E-state index in [0.29, 0.717) is 19.6 Å². The van der Waals surface area contributed by atoms with Gasteiger partial charge in [-0.05, 0) is 36.6 Å². The average molecular weight is 280 g/mol. The molecule has 2 N–H and O–H groups in total. The van der Waals surface area contributed by atoms with E-state index < -0.39 is 0 Å². The van der Waals surface area contributed by atoms with Gasteiger partial charge in [0.1, 0.15) is 5.75 Å². The van der Waals surface area contributed by atoms with Gasteiger partial charge in [0.05, 0.1) is 13.7 Å². The summed E-state index contributed by atoms with van der Waals surface area (Å²) in [5.74, 6) is 0.787. The first-order valence-electron chi connectivity index (χ1n) is 6.89. The molecule has 20 heavy (non-hydrogen) atoms. The number of amides is 2. The molecule has 0 unspecified atom stereocenters. The van der Waals surface area contributed by atoms with E-state index in [1.54, 1.807) is 12.0 Å². The first-order chi connectivity index (χ1) is 9.60. The summed E-state index contributed by atoms with van der Waals surface area (Å²) in [7, 11) is 1.63. The van der Waals surface area contributed by atoms with E-state index in [-0.39, 0.29) is 12.6 Å². The maximum atomic E-state index is 12.0. The van der Waals surface area contributed by atoms with Crippen molar-refractivity contribution in [3.05, 3.63) is 29.3 Å². The molecule has 0 fully saturated rings. The Bertz CT molecular complexity index is 429. The van der Waals surface area contributed by atoms with E-state index >= 15 is 0 Å². The number of ether oxygens (including phenoxy) is 1. The number of carbonyl (C=O) groups is 1. The van der Waals surface area contributed by atoms with Crippen molar-refractivity contribution < 1.29 is 14.6 Å². The maximum Gasteiger partial charge on any atom is 0.317 e. The molecular formula is C15H24N2O3. The number of nitrogens with one attached hydrogen (secondary N) is 1.